The third-order valence-corrected chi connectivity index (χ3v) is 4.97. The van der Waals surface area contributed by atoms with Crippen LogP contribution in [0.2, 0.25) is 0 Å². The van der Waals surface area contributed by atoms with Crippen molar-refractivity contribution in [3.63, 3.8) is 0 Å². The summed E-state index contributed by atoms with van der Waals surface area (Å²) in [5, 5.41) is 9.62. The van der Waals surface area contributed by atoms with Gasteiger partial charge in [0.2, 0.25) is 0 Å². The molecule has 0 radical (unpaired) electrons. The van der Waals surface area contributed by atoms with Gasteiger partial charge in [-0.3, -0.25) is 5.43 Å². The number of hydrazone groups is 1. The molecular formula is C27H21N5. The summed E-state index contributed by atoms with van der Waals surface area (Å²) in [6, 6.07) is 39.9. The van der Waals surface area contributed by atoms with Crippen LogP contribution >= 0.6 is 0 Å². The number of aromatic nitrogens is 3. The monoisotopic (exact) mass is 415 g/mol. The fourth-order valence-electron chi connectivity index (χ4n) is 3.40. The van der Waals surface area contributed by atoms with Gasteiger partial charge in [0.15, 0.2) is 11.6 Å². The fourth-order valence-corrected chi connectivity index (χ4v) is 3.40. The van der Waals surface area contributed by atoms with Crippen LogP contribution in [0.3, 0.4) is 0 Å². The highest BCUT2D eigenvalue weighted by atomic mass is 15.4. The molecule has 5 rings (SSSR count). The lowest BCUT2D eigenvalue weighted by molar-refractivity contribution is 0.870. The van der Waals surface area contributed by atoms with Crippen molar-refractivity contribution in [2.75, 3.05) is 5.43 Å². The predicted molar refractivity (Wildman–Crippen MR) is 129 cm³/mol. The minimum Gasteiger partial charge on any atom is -0.278 e. The summed E-state index contributed by atoms with van der Waals surface area (Å²) in [6.07, 6.45) is 0. The van der Waals surface area contributed by atoms with Gasteiger partial charge in [-0.1, -0.05) is 97.1 Å². The zero-order valence-corrected chi connectivity index (χ0v) is 17.3. The van der Waals surface area contributed by atoms with Gasteiger partial charge < -0.3 is 0 Å². The van der Waals surface area contributed by atoms with Crippen molar-refractivity contribution in [1.82, 2.24) is 14.8 Å². The Morgan fingerprint density at radius 2 is 1.22 bits per heavy atom. The predicted octanol–water partition coefficient (Wildman–Crippen LogP) is 5.80. The summed E-state index contributed by atoms with van der Waals surface area (Å²) in [5.41, 5.74) is 7.59. The maximum atomic E-state index is 4.93. The number of nitrogens with one attached hydrogen (secondary N) is 1. The Labute approximate surface area is 186 Å². The van der Waals surface area contributed by atoms with Gasteiger partial charge in [-0.25, -0.2) is 9.67 Å². The van der Waals surface area contributed by atoms with Crippen molar-refractivity contribution in [3.05, 3.63) is 133 Å². The van der Waals surface area contributed by atoms with Gasteiger partial charge in [0.25, 0.3) is 0 Å². The fraction of sp³-hybridized carbons (Fsp3) is 0. The molecule has 5 aromatic rings. The molecule has 0 saturated carbocycles. The molecule has 0 saturated heterocycles. The lowest BCUT2D eigenvalue weighted by Gasteiger charge is -2.10. The van der Waals surface area contributed by atoms with Crippen LogP contribution < -0.4 is 5.43 Å². The van der Waals surface area contributed by atoms with Crippen molar-refractivity contribution in [2.24, 2.45) is 5.10 Å². The lowest BCUT2D eigenvalue weighted by atomic mass is 10.1. The first-order chi connectivity index (χ1) is 15.9. The molecule has 0 fully saturated rings. The molecule has 1 heterocycles. The quantitative estimate of drug-likeness (QED) is 0.282. The summed E-state index contributed by atoms with van der Waals surface area (Å²) in [4.78, 5) is 4.93. The Hall–Kier alpha value is -4.51. The molecule has 154 valence electrons. The summed E-state index contributed by atoms with van der Waals surface area (Å²) in [6.45, 7) is 0. The molecule has 4 aromatic carbocycles. The molecule has 0 amide bonds. The molecule has 0 atom stereocenters. The molecule has 5 heteroatoms. The van der Waals surface area contributed by atoms with Gasteiger partial charge >= 0.3 is 0 Å². The van der Waals surface area contributed by atoms with E-state index in [1.54, 1.807) is 0 Å². The second-order valence-corrected chi connectivity index (χ2v) is 7.18. The van der Waals surface area contributed by atoms with Crippen LogP contribution in [0.5, 0.6) is 0 Å². The minimum absolute atomic E-state index is 0.646. The molecule has 0 aliphatic rings. The third kappa shape index (κ3) is 4.18. The second kappa shape index (κ2) is 9.10. The van der Waals surface area contributed by atoms with E-state index >= 15 is 0 Å². The minimum atomic E-state index is 0.646. The number of para-hydroxylation sites is 2. The number of benzene rings is 4. The van der Waals surface area contributed by atoms with Crippen LogP contribution in [0, 0.1) is 0 Å². The Morgan fingerprint density at radius 1 is 0.656 bits per heavy atom. The van der Waals surface area contributed by atoms with Gasteiger partial charge in [0, 0.05) is 11.1 Å². The first kappa shape index (κ1) is 19.5. The molecule has 1 N–H and O–H groups in total. The first-order valence-corrected chi connectivity index (χ1v) is 10.4. The number of hydrogen-bond acceptors (Lipinski definition) is 4. The van der Waals surface area contributed by atoms with Crippen LogP contribution in [0.25, 0.3) is 17.1 Å². The van der Waals surface area contributed by atoms with E-state index in [-0.39, 0.29) is 0 Å². The maximum Gasteiger partial charge on any atom is 0.184 e. The molecule has 32 heavy (non-hydrogen) atoms. The maximum absolute atomic E-state index is 4.93. The molecule has 0 aliphatic carbocycles. The van der Waals surface area contributed by atoms with E-state index in [0.29, 0.717) is 17.4 Å². The average Bonchev–Trinajstić information content (AvgIpc) is 3.32. The first-order valence-electron chi connectivity index (χ1n) is 10.4. The Balaban J connectivity index is 1.68. The SMILES string of the molecule is c1ccc(N/N=C(\c2ccccc2)c2nc(-c3ccccc3)nn2-c2ccccc2)cc1. The average molecular weight is 416 g/mol. The van der Waals surface area contributed by atoms with E-state index in [4.69, 9.17) is 15.2 Å². The molecule has 1 aromatic heterocycles. The topological polar surface area (TPSA) is 55.1 Å². The second-order valence-electron chi connectivity index (χ2n) is 7.18. The Kier molecular flexibility index (Phi) is 5.53. The van der Waals surface area contributed by atoms with E-state index in [2.05, 4.69) is 5.43 Å². The zero-order chi connectivity index (χ0) is 21.6. The van der Waals surface area contributed by atoms with Crippen molar-refractivity contribution in [2.45, 2.75) is 0 Å². The molecule has 0 bridgehead atoms. The van der Waals surface area contributed by atoms with Gasteiger partial charge in [0.05, 0.1) is 11.4 Å². The highest BCUT2D eigenvalue weighted by Crippen LogP contribution is 2.21. The van der Waals surface area contributed by atoms with Gasteiger partial charge in [0.1, 0.15) is 5.71 Å². The van der Waals surface area contributed by atoms with Gasteiger partial charge in [-0.15, -0.1) is 5.10 Å². The lowest BCUT2D eigenvalue weighted by Crippen LogP contribution is -2.14. The van der Waals surface area contributed by atoms with Crippen molar-refractivity contribution in [1.29, 1.82) is 0 Å². The summed E-state index contributed by atoms with van der Waals surface area (Å²) < 4.78 is 1.85. The summed E-state index contributed by atoms with van der Waals surface area (Å²) in [5.74, 6) is 1.30. The number of anilines is 1. The third-order valence-electron chi connectivity index (χ3n) is 4.97. The van der Waals surface area contributed by atoms with Gasteiger partial charge in [-0.2, -0.15) is 5.10 Å². The highest BCUT2D eigenvalue weighted by molar-refractivity contribution is 6.11. The zero-order valence-electron chi connectivity index (χ0n) is 17.3. The van der Waals surface area contributed by atoms with E-state index in [1.165, 1.54) is 0 Å². The van der Waals surface area contributed by atoms with Crippen LogP contribution in [0.15, 0.2) is 126 Å². The van der Waals surface area contributed by atoms with Crippen LogP contribution in [-0.2, 0) is 0 Å². The Morgan fingerprint density at radius 3 is 1.88 bits per heavy atom. The molecule has 0 aliphatic heterocycles. The smallest absolute Gasteiger partial charge is 0.184 e. The number of hydrogen-bond donors (Lipinski definition) is 1. The van der Waals surface area contributed by atoms with Gasteiger partial charge in [-0.05, 0) is 24.3 Å². The number of rotatable bonds is 6. The normalized spacial score (nSPS) is 11.3. The highest BCUT2D eigenvalue weighted by Gasteiger charge is 2.20. The van der Waals surface area contributed by atoms with Crippen molar-refractivity contribution in [3.8, 4) is 17.1 Å². The van der Waals surface area contributed by atoms with Crippen LogP contribution in [0.1, 0.15) is 11.4 Å². The van der Waals surface area contributed by atoms with Crippen molar-refractivity contribution >= 4 is 11.4 Å². The molecule has 0 unspecified atom stereocenters. The summed E-state index contributed by atoms with van der Waals surface area (Å²) in [7, 11) is 0. The van der Waals surface area contributed by atoms with E-state index in [1.807, 2.05) is 126 Å². The largest absolute Gasteiger partial charge is 0.278 e. The van der Waals surface area contributed by atoms with Crippen LogP contribution in [0.4, 0.5) is 5.69 Å². The van der Waals surface area contributed by atoms with Crippen molar-refractivity contribution < 1.29 is 0 Å². The Bertz CT molecular complexity index is 1310. The summed E-state index contributed by atoms with van der Waals surface area (Å²) >= 11 is 0. The van der Waals surface area contributed by atoms with Crippen LogP contribution in [-0.4, -0.2) is 20.5 Å². The standard InChI is InChI=1S/C27H21N5/c1-5-13-21(14-6-1)25(30-29-23-17-9-3-10-18-23)27-28-26(22-15-7-2-8-16-22)31-32(27)24-19-11-4-12-20-24/h1-20,29H/b30-25+. The van der Waals surface area contributed by atoms with E-state index in [9.17, 15) is 0 Å². The molecular weight excluding hydrogens is 394 g/mol. The van der Waals surface area contributed by atoms with E-state index < -0.39 is 0 Å². The molecule has 0 spiro atoms. The number of nitrogens with zero attached hydrogens (tertiary/aromatic N) is 4. The van der Waals surface area contributed by atoms with E-state index in [0.717, 1.165) is 22.5 Å². The molecule has 5 nitrogen and oxygen atoms in total.